The molecule has 0 spiro atoms. The number of benzene rings is 2. The summed E-state index contributed by atoms with van der Waals surface area (Å²) in [4.78, 5) is 10.3. The minimum atomic E-state index is -3.47. The Morgan fingerprint density at radius 1 is 1.11 bits per heavy atom. The molecule has 2 aromatic rings. The van der Waals surface area contributed by atoms with Crippen LogP contribution in [0.5, 0.6) is 17.2 Å². The number of nitro groups is 1. The summed E-state index contributed by atoms with van der Waals surface area (Å²) >= 11 is 0. The van der Waals surface area contributed by atoms with E-state index in [0.29, 0.717) is 11.7 Å². The molecule has 2 aliphatic carbocycles. The molecule has 0 amide bonds. The molecule has 5 rings (SSSR count). The molecule has 0 unspecified atom stereocenters. The summed E-state index contributed by atoms with van der Waals surface area (Å²) in [5.41, 5.74) is 3.56. The van der Waals surface area contributed by atoms with Gasteiger partial charge in [-0.3, -0.25) is 14.8 Å². The molecular formula is C34H48N2O7S. The normalized spacial score (nSPS) is 21.0. The number of sulfonamides is 1. The van der Waals surface area contributed by atoms with Crippen molar-refractivity contribution in [2.24, 2.45) is 5.92 Å². The van der Waals surface area contributed by atoms with Crippen molar-refractivity contribution < 1.29 is 27.9 Å². The molecule has 44 heavy (non-hydrogen) atoms. The van der Waals surface area contributed by atoms with Crippen LogP contribution in [0.3, 0.4) is 0 Å². The Kier molecular flexibility index (Phi) is 10.9. The van der Waals surface area contributed by atoms with E-state index in [1.807, 2.05) is 6.07 Å². The average molecular weight is 629 g/mol. The first-order valence-electron chi connectivity index (χ1n) is 15.9. The lowest BCUT2D eigenvalue weighted by Crippen LogP contribution is -2.45. The zero-order valence-corrected chi connectivity index (χ0v) is 27.5. The molecule has 1 saturated carbocycles. The van der Waals surface area contributed by atoms with Gasteiger partial charge in [0.2, 0.25) is 10.0 Å². The van der Waals surface area contributed by atoms with Crippen molar-refractivity contribution in [2.45, 2.75) is 116 Å². The second-order valence-corrected chi connectivity index (χ2v) is 14.8. The highest BCUT2D eigenvalue weighted by atomic mass is 32.2. The maximum absolute atomic E-state index is 11.4. The molecule has 242 valence electrons. The highest BCUT2D eigenvalue weighted by Crippen LogP contribution is 2.53. The summed E-state index contributed by atoms with van der Waals surface area (Å²) in [6.07, 6.45) is 15.3. The number of nitrogens with one attached hydrogen (secondary N) is 1. The lowest BCUT2D eigenvalue weighted by molar-refractivity contribution is -0.384. The van der Waals surface area contributed by atoms with Crippen molar-refractivity contribution in [2.75, 3.05) is 11.0 Å². The summed E-state index contributed by atoms with van der Waals surface area (Å²) in [5.74, 6) is 2.25. The number of anilines is 1. The smallest absolute Gasteiger partial charge is 0.273 e. The van der Waals surface area contributed by atoms with Gasteiger partial charge < -0.3 is 14.6 Å². The summed E-state index contributed by atoms with van der Waals surface area (Å²) in [5, 5.41) is 21.5. The fourth-order valence-electron chi connectivity index (χ4n) is 6.67. The zero-order valence-electron chi connectivity index (χ0n) is 26.7. The molecule has 10 heteroatoms. The molecular weight excluding hydrogens is 580 g/mol. The minimum Gasteiger partial charge on any atom is -0.507 e. The predicted octanol–water partition coefficient (Wildman–Crippen LogP) is 8.41. The second kappa shape index (κ2) is 14.2. The van der Waals surface area contributed by atoms with Crippen molar-refractivity contribution in [3.05, 3.63) is 63.2 Å². The van der Waals surface area contributed by atoms with E-state index in [1.54, 1.807) is 0 Å². The topological polar surface area (TPSA) is 128 Å². The summed E-state index contributed by atoms with van der Waals surface area (Å²) in [6, 6.07) is 8.01. The van der Waals surface area contributed by atoms with Crippen LogP contribution in [0.2, 0.25) is 0 Å². The van der Waals surface area contributed by atoms with Gasteiger partial charge in [-0.05, 0) is 95.9 Å². The number of ether oxygens (including phenoxy) is 2. The third-order valence-corrected chi connectivity index (χ3v) is 9.50. The molecule has 2 atom stereocenters. The molecule has 1 aliphatic heterocycles. The van der Waals surface area contributed by atoms with Crippen LogP contribution in [-0.4, -0.2) is 36.4 Å². The summed E-state index contributed by atoms with van der Waals surface area (Å²) in [7, 11) is -3.47. The SMILES string of the molecule is CCCCCc1cc(O)c2c(c1)OC(C)(C)[C@@H]1CCC(C)=C[C@@H]21.CS(=O)(=O)Nc1ccc([N+](=O)[O-])cc1OC1CCCCC1. The van der Waals surface area contributed by atoms with Crippen molar-refractivity contribution in [1.29, 1.82) is 0 Å². The quantitative estimate of drug-likeness (QED) is 0.123. The van der Waals surface area contributed by atoms with Gasteiger partial charge in [0.25, 0.3) is 5.69 Å². The van der Waals surface area contributed by atoms with E-state index >= 15 is 0 Å². The minimum absolute atomic E-state index is 0.0270. The van der Waals surface area contributed by atoms with Crippen LogP contribution < -0.4 is 14.2 Å². The van der Waals surface area contributed by atoms with Crippen molar-refractivity contribution in [1.82, 2.24) is 0 Å². The van der Waals surface area contributed by atoms with Gasteiger partial charge in [-0.25, -0.2) is 8.42 Å². The summed E-state index contributed by atoms with van der Waals surface area (Å²) in [6.45, 7) is 8.81. The summed E-state index contributed by atoms with van der Waals surface area (Å²) < 4.78 is 37.2. The van der Waals surface area contributed by atoms with Crippen LogP contribution in [0.1, 0.15) is 109 Å². The average Bonchev–Trinajstić information content (AvgIpc) is 2.93. The van der Waals surface area contributed by atoms with Gasteiger partial charge in [0.05, 0.1) is 29.0 Å². The molecule has 3 aliphatic rings. The fourth-order valence-corrected chi connectivity index (χ4v) is 7.24. The van der Waals surface area contributed by atoms with Gasteiger partial charge in [0, 0.05) is 23.5 Å². The Hall–Kier alpha value is -3.27. The lowest BCUT2D eigenvalue weighted by Gasteiger charge is -2.46. The standard InChI is InChI=1S/C21H30O2.C13H18N2O5S/c1-5-6-7-8-15-12-18(22)20-16-11-14(2)9-10-17(16)21(3,4)23-19(20)13-15;1-21(18,19)14-12-8-7-10(15(16)17)9-13(12)20-11-5-3-2-4-6-11/h11-13,16-17,22H,5-10H2,1-4H3;7-9,11,14H,2-6H2,1H3/t16-,17-;/m1./s1. The number of nitro benzene ring substituents is 1. The Labute approximate surface area is 262 Å². The molecule has 2 aromatic carbocycles. The largest absolute Gasteiger partial charge is 0.507 e. The van der Waals surface area contributed by atoms with E-state index < -0.39 is 14.9 Å². The number of phenolic OH excluding ortho intramolecular Hbond substituents is 1. The van der Waals surface area contributed by atoms with Crippen molar-refractivity contribution in [3.8, 4) is 17.2 Å². The van der Waals surface area contributed by atoms with Crippen molar-refractivity contribution >= 4 is 21.4 Å². The predicted molar refractivity (Wildman–Crippen MR) is 174 cm³/mol. The number of nitrogens with zero attached hydrogens (tertiary/aromatic N) is 1. The van der Waals surface area contributed by atoms with E-state index in [1.165, 1.54) is 48.6 Å². The maximum atomic E-state index is 11.4. The van der Waals surface area contributed by atoms with E-state index in [4.69, 9.17) is 9.47 Å². The van der Waals surface area contributed by atoms with Gasteiger partial charge in [-0.15, -0.1) is 0 Å². The zero-order chi connectivity index (χ0) is 32.1. The number of allylic oxidation sites excluding steroid dienone is 2. The Balaban J connectivity index is 0.000000202. The van der Waals surface area contributed by atoms with E-state index in [-0.39, 0.29) is 34.7 Å². The molecule has 2 N–H and O–H groups in total. The third kappa shape index (κ3) is 8.67. The number of unbranched alkanes of at least 4 members (excludes halogenated alkanes) is 2. The van der Waals surface area contributed by atoms with Gasteiger partial charge in [-0.2, -0.15) is 0 Å². The highest BCUT2D eigenvalue weighted by Gasteiger charge is 2.45. The third-order valence-electron chi connectivity index (χ3n) is 8.91. The van der Waals surface area contributed by atoms with Crippen molar-refractivity contribution in [3.63, 3.8) is 0 Å². The van der Waals surface area contributed by atoms with Crippen LogP contribution in [0.25, 0.3) is 0 Å². The van der Waals surface area contributed by atoms with Crippen LogP contribution in [0, 0.1) is 16.0 Å². The van der Waals surface area contributed by atoms with Gasteiger partial charge in [0.15, 0.2) is 5.75 Å². The molecule has 0 saturated heterocycles. The number of hydrogen-bond acceptors (Lipinski definition) is 7. The van der Waals surface area contributed by atoms with Crippen LogP contribution in [0.4, 0.5) is 11.4 Å². The first-order valence-corrected chi connectivity index (χ1v) is 17.8. The number of fused-ring (bicyclic) bond motifs is 3. The molecule has 0 radical (unpaired) electrons. The molecule has 9 nitrogen and oxygen atoms in total. The number of aryl methyl sites for hydroxylation is 1. The van der Waals surface area contributed by atoms with E-state index in [0.717, 1.165) is 68.9 Å². The van der Waals surface area contributed by atoms with E-state index in [2.05, 4.69) is 44.6 Å². The Morgan fingerprint density at radius 3 is 2.50 bits per heavy atom. The van der Waals surface area contributed by atoms with Crippen LogP contribution >= 0.6 is 0 Å². The van der Waals surface area contributed by atoms with Crippen LogP contribution in [0.15, 0.2) is 42.0 Å². The maximum Gasteiger partial charge on any atom is 0.273 e. The molecule has 1 fully saturated rings. The monoisotopic (exact) mass is 628 g/mol. The van der Waals surface area contributed by atoms with Crippen LogP contribution in [-0.2, 0) is 16.4 Å². The number of phenols is 1. The van der Waals surface area contributed by atoms with Gasteiger partial charge >= 0.3 is 0 Å². The van der Waals surface area contributed by atoms with Gasteiger partial charge in [0.1, 0.15) is 17.1 Å². The Morgan fingerprint density at radius 2 is 1.84 bits per heavy atom. The molecule has 0 aromatic heterocycles. The number of aromatic hydroxyl groups is 1. The van der Waals surface area contributed by atoms with Gasteiger partial charge in [-0.1, -0.05) is 37.8 Å². The molecule has 1 heterocycles. The fraction of sp³-hybridized carbons (Fsp3) is 0.588. The van der Waals surface area contributed by atoms with E-state index in [9.17, 15) is 23.6 Å². The number of rotatable bonds is 9. The first kappa shape index (κ1) is 33.6. The second-order valence-electron chi connectivity index (χ2n) is 13.1. The first-order chi connectivity index (χ1) is 20.8. The lowest BCUT2D eigenvalue weighted by atomic mass is 9.68. The number of hydrogen-bond donors (Lipinski definition) is 2. The highest BCUT2D eigenvalue weighted by molar-refractivity contribution is 7.92. The number of non-ortho nitro benzene ring substituents is 1. The molecule has 0 bridgehead atoms. The Bertz CT molecular complexity index is 1460.